The number of thiophene rings is 1. The van der Waals surface area contributed by atoms with Gasteiger partial charge in [0.05, 0.1) is 19.2 Å². The van der Waals surface area contributed by atoms with Crippen molar-refractivity contribution in [1.29, 1.82) is 0 Å². The molecule has 1 saturated heterocycles. The van der Waals surface area contributed by atoms with Gasteiger partial charge in [0.25, 0.3) is 0 Å². The first-order chi connectivity index (χ1) is 6.77. The first-order valence-electron chi connectivity index (χ1n) is 4.39. The number of rotatable bonds is 3. The molecule has 2 rings (SSSR count). The van der Waals surface area contributed by atoms with Crippen LogP contribution in [-0.4, -0.2) is 35.8 Å². The zero-order chi connectivity index (χ0) is 9.97. The average Bonchev–Trinajstić information content (AvgIpc) is 2.77. The van der Waals surface area contributed by atoms with Crippen molar-refractivity contribution in [3.8, 4) is 0 Å². The number of carbonyl (C=O) groups is 1. The molecule has 1 aliphatic heterocycles. The van der Waals surface area contributed by atoms with Gasteiger partial charge in [0, 0.05) is 0 Å². The van der Waals surface area contributed by atoms with Gasteiger partial charge in [-0.3, -0.25) is 0 Å². The first kappa shape index (κ1) is 9.48. The first-order valence-corrected chi connectivity index (χ1v) is 5.33. The van der Waals surface area contributed by atoms with Crippen LogP contribution in [-0.2, 0) is 4.74 Å². The number of carbonyl (C=O) groups excluding carboxylic acids is 1. The van der Waals surface area contributed by atoms with Gasteiger partial charge < -0.3 is 14.7 Å². The van der Waals surface area contributed by atoms with E-state index < -0.39 is 6.10 Å². The summed E-state index contributed by atoms with van der Waals surface area (Å²) in [5.74, 6) is 0. The lowest BCUT2D eigenvalue weighted by atomic mass is 10.2. The molecule has 5 heteroatoms. The highest BCUT2D eigenvalue weighted by Gasteiger charge is 2.24. The molecule has 1 fully saturated rings. The molecule has 1 aromatic heterocycles. The molecule has 1 aliphatic rings. The Kier molecular flexibility index (Phi) is 2.69. The predicted octanol–water partition coefficient (Wildman–Crippen LogP) is 1.23. The molecule has 0 aromatic carbocycles. The maximum absolute atomic E-state index is 11.1. The maximum atomic E-state index is 11.1. The Bertz CT molecular complexity index is 312. The number of aliphatic hydroxyl groups is 1. The highest BCUT2D eigenvalue weighted by atomic mass is 32.1. The zero-order valence-corrected chi connectivity index (χ0v) is 8.37. The molecular formula is C9H11NO3S. The van der Waals surface area contributed by atoms with Crippen LogP contribution in [0.4, 0.5) is 4.79 Å². The summed E-state index contributed by atoms with van der Waals surface area (Å²) >= 11 is 1.53. The Balaban J connectivity index is 1.94. The van der Waals surface area contributed by atoms with Crippen LogP contribution in [0.3, 0.4) is 0 Å². The van der Waals surface area contributed by atoms with Gasteiger partial charge in [0.2, 0.25) is 0 Å². The van der Waals surface area contributed by atoms with Crippen LogP contribution < -0.4 is 0 Å². The normalized spacial score (nSPS) is 18.4. The lowest BCUT2D eigenvalue weighted by molar-refractivity contribution is 0.119. The maximum Gasteiger partial charge on any atom is 0.410 e. The Morgan fingerprint density at radius 2 is 2.57 bits per heavy atom. The van der Waals surface area contributed by atoms with E-state index >= 15 is 0 Å². The van der Waals surface area contributed by atoms with E-state index in [9.17, 15) is 9.90 Å². The van der Waals surface area contributed by atoms with Crippen LogP contribution in [0.2, 0.25) is 0 Å². The number of nitrogens with zero attached hydrogens (tertiary/aromatic N) is 1. The van der Waals surface area contributed by atoms with E-state index in [-0.39, 0.29) is 6.09 Å². The molecule has 0 bridgehead atoms. The van der Waals surface area contributed by atoms with Gasteiger partial charge in [-0.1, -0.05) is 0 Å². The van der Waals surface area contributed by atoms with E-state index in [2.05, 4.69) is 0 Å². The summed E-state index contributed by atoms with van der Waals surface area (Å²) in [7, 11) is 0. The minimum absolute atomic E-state index is 0.315. The minimum atomic E-state index is -0.605. The third-order valence-corrected chi connectivity index (χ3v) is 2.87. The minimum Gasteiger partial charge on any atom is -0.448 e. The average molecular weight is 213 g/mol. The number of hydrogen-bond donors (Lipinski definition) is 1. The van der Waals surface area contributed by atoms with Crippen molar-refractivity contribution >= 4 is 17.4 Å². The van der Waals surface area contributed by atoms with Crippen molar-refractivity contribution in [2.24, 2.45) is 0 Å². The van der Waals surface area contributed by atoms with Crippen molar-refractivity contribution in [3.05, 3.63) is 22.4 Å². The van der Waals surface area contributed by atoms with Gasteiger partial charge in [-0.25, -0.2) is 4.79 Å². The molecule has 0 saturated carbocycles. The molecule has 1 aromatic rings. The smallest absolute Gasteiger partial charge is 0.410 e. The second-order valence-corrected chi connectivity index (χ2v) is 3.91. The standard InChI is InChI=1S/C9H11NO3S/c11-8(7-1-4-14-6-7)5-10-2-3-13-9(10)12/h1,4,6,8,11H,2-3,5H2. The van der Waals surface area contributed by atoms with Crippen LogP contribution in [0.1, 0.15) is 11.7 Å². The Labute approximate surface area is 85.7 Å². The van der Waals surface area contributed by atoms with Crippen LogP contribution in [0.5, 0.6) is 0 Å². The zero-order valence-electron chi connectivity index (χ0n) is 7.55. The number of ether oxygens (including phenoxy) is 1. The summed E-state index contributed by atoms with van der Waals surface area (Å²) in [4.78, 5) is 12.6. The van der Waals surface area contributed by atoms with Gasteiger partial charge in [-0.05, 0) is 22.4 Å². The summed E-state index contributed by atoms with van der Waals surface area (Å²) in [6, 6.07) is 1.86. The van der Waals surface area contributed by atoms with Crippen LogP contribution >= 0.6 is 11.3 Å². The Morgan fingerprint density at radius 1 is 1.71 bits per heavy atom. The van der Waals surface area contributed by atoms with Gasteiger partial charge in [-0.2, -0.15) is 11.3 Å². The van der Waals surface area contributed by atoms with E-state index in [1.165, 1.54) is 16.2 Å². The van der Waals surface area contributed by atoms with E-state index in [0.717, 1.165) is 5.56 Å². The largest absolute Gasteiger partial charge is 0.448 e. The Hall–Kier alpha value is -1.07. The molecule has 4 nitrogen and oxygen atoms in total. The fraction of sp³-hybridized carbons (Fsp3) is 0.444. The molecular weight excluding hydrogens is 202 g/mol. The molecule has 0 aliphatic carbocycles. The molecule has 76 valence electrons. The number of amides is 1. The van der Waals surface area contributed by atoms with Crippen molar-refractivity contribution in [1.82, 2.24) is 4.90 Å². The van der Waals surface area contributed by atoms with E-state index in [1.807, 2.05) is 16.8 Å². The van der Waals surface area contributed by atoms with E-state index in [0.29, 0.717) is 19.7 Å². The third kappa shape index (κ3) is 1.88. The predicted molar refractivity (Wildman–Crippen MR) is 52.2 cm³/mol. The molecule has 1 N–H and O–H groups in total. The lowest BCUT2D eigenvalue weighted by Crippen LogP contribution is -2.29. The van der Waals surface area contributed by atoms with Crippen molar-refractivity contribution in [2.75, 3.05) is 19.7 Å². The monoisotopic (exact) mass is 213 g/mol. The number of hydrogen-bond acceptors (Lipinski definition) is 4. The van der Waals surface area contributed by atoms with E-state index in [4.69, 9.17) is 4.74 Å². The molecule has 14 heavy (non-hydrogen) atoms. The molecule has 1 unspecified atom stereocenters. The van der Waals surface area contributed by atoms with Crippen molar-refractivity contribution in [3.63, 3.8) is 0 Å². The van der Waals surface area contributed by atoms with Crippen LogP contribution in [0.15, 0.2) is 16.8 Å². The molecule has 1 atom stereocenters. The van der Waals surface area contributed by atoms with E-state index in [1.54, 1.807) is 0 Å². The van der Waals surface area contributed by atoms with Gasteiger partial charge in [0.1, 0.15) is 6.61 Å². The van der Waals surface area contributed by atoms with Crippen LogP contribution in [0, 0.1) is 0 Å². The quantitative estimate of drug-likeness (QED) is 0.821. The molecule has 0 radical (unpaired) electrons. The number of aliphatic hydroxyl groups excluding tert-OH is 1. The Morgan fingerprint density at radius 3 is 3.14 bits per heavy atom. The SMILES string of the molecule is O=C1OCCN1CC(O)c1ccsc1. The number of β-amino-alcohol motifs (C(OH)–C–C–N with tert-alkyl or cyclic N) is 1. The van der Waals surface area contributed by atoms with Crippen molar-refractivity contribution < 1.29 is 14.6 Å². The van der Waals surface area contributed by atoms with Crippen LogP contribution in [0.25, 0.3) is 0 Å². The highest BCUT2D eigenvalue weighted by Crippen LogP contribution is 2.18. The summed E-state index contributed by atoms with van der Waals surface area (Å²) in [6.45, 7) is 1.31. The molecule has 0 spiro atoms. The topological polar surface area (TPSA) is 49.8 Å². The third-order valence-electron chi connectivity index (χ3n) is 2.17. The summed E-state index contributed by atoms with van der Waals surface area (Å²) in [5.41, 5.74) is 0.856. The van der Waals surface area contributed by atoms with Gasteiger partial charge in [-0.15, -0.1) is 0 Å². The molecule has 1 amide bonds. The fourth-order valence-corrected chi connectivity index (χ4v) is 2.08. The summed E-state index contributed by atoms with van der Waals surface area (Å²) < 4.78 is 4.76. The molecule has 2 heterocycles. The van der Waals surface area contributed by atoms with Gasteiger partial charge >= 0.3 is 6.09 Å². The highest BCUT2D eigenvalue weighted by molar-refractivity contribution is 7.07. The second-order valence-electron chi connectivity index (χ2n) is 3.13. The second kappa shape index (κ2) is 3.98. The lowest BCUT2D eigenvalue weighted by Gasteiger charge is -2.16. The summed E-state index contributed by atoms with van der Waals surface area (Å²) in [5, 5.41) is 13.5. The summed E-state index contributed by atoms with van der Waals surface area (Å²) in [6.07, 6.45) is -0.939. The number of cyclic esters (lactones) is 1. The van der Waals surface area contributed by atoms with Crippen molar-refractivity contribution in [2.45, 2.75) is 6.10 Å². The fourth-order valence-electron chi connectivity index (χ4n) is 1.37. The van der Waals surface area contributed by atoms with Gasteiger partial charge in [0.15, 0.2) is 0 Å².